The molecule has 168 valence electrons. The molecule has 2 aromatic rings. The van der Waals surface area contributed by atoms with E-state index in [1.807, 2.05) is 47.5 Å². The predicted octanol–water partition coefficient (Wildman–Crippen LogP) is 3.44. The Bertz CT molecular complexity index is 872. The lowest BCUT2D eigenvalue weighted by Crippen LogP contribution is -2.46. The molecule has 7 nitrogen and oxygen atoms in total. The van der Waals surface area contributed by atoms with Crippen LogP contribution in [-0.4, -0.2) is 54.7 Å². The molecule has 2 heterocycles. The zero-order valence-corrected chi connectivity index (χ0v) is 19.5. The molecule has 1 aromatic heterocycles. The molecule has 1 aromatic carbocycles. The van der Waals surface area contributed by atoms with Gasteiger partial charge in [-0.25, -0.2) is 9.78 Å². The van der Waals surface area contributed by atoms with Gasteiger partial charge in [0.1, 0.15) is 5.01 Å². The van der Waals surface area contributed by atoms with Crippen molar-refractivity contribution in [3.05, 3.63) is 52.0 Å². The first-order chi connectivity index (χ1) is 14.8. The average Bonchev–Trinajstić information content (AvgIpc) is 3.26. The van der Waals surface area contributed by atoms with Gasteiger partial charge in [0.05, 0.1) is 30.9 Å². The summed E-state index contributed by atoms with van der Waals surface area (Å²) in [5.74, 6) is -0.426. The molecule has 1 saturated heterocycles. The number of thiazole rings is 1. The van der Waals surface area contributed by atoms with Gasteiger partial charge in [-0.3, -0.25) is 4.79 Å². The normalized spacial score (nSPS) is 16.5. The number of aromatic nitrogens is 1. The Morgan fingerprint density at radius 2 is 1.87 bits per heavy atom. The van der Waals surface area contributed by atoms with Gasteiger partial charge in [-0.15, -0.1) is 11.3 Å². The van der Waals surface area contributed by atoms with E-state index in [1.54, 1.807) is 11.3 Å². The van der Waals surface area contributed by atoms with E-state index in [0.29, 0.717) is 26.3 Å². The standard InChI is InChI=1S/C23H32N4O3S/c1-16(20-26-19(15-31-20)23(2,3)4)25-22(29)24-14-18(17-8-6-5-7-9-17)21(28)27-10-12-30-13-11-27/h5-9,15-16,18H,10-14H2,1-4H3,(H2,24,25,29). The number of rotatable bonds is 6. The number of morpholine rings is 1. The van der Waals surface area contributed by atoms with E-state index in [-0.39, 0.29) is 29.9 Å². The number of carbonyl (C=O) groups is 2. The second kappa shape index (κ2) is 10.2. The largest absolute Gasteiger partial charge is 0.378 e. The second-order valence-corrected chi connectivity index (χ2v) is 9.69. The molecule has 1 fully saturated rings. The van der Waals surface area contributed by atoms with Gasteiger partial charge in [-0.1, -0.05) is 51.1 Å². The van der Waals surface area contributed by atoms with Crippen LogP contribution in [-0.2, 0) is 14.9 Å². The summed E-state index contributed by atoms with van der Waals surface area (Å²) in [6.07, 6.45) is 0. The molecular weight excluding hydrogens is 412 g/mol. The van der Waals surface area contributed by atoms with Crippen molar-refractivity contribution in [3.63, 3.8) is 0 Å². The number of nitrogens with one attached hydrogen (secondary N) is 2. The van der Waals surface area contributed by atoms with Crippen molar-refractivity contribution in [2.45, 2.75) is 45.1 Å². The zero-order valence-electron chi connectivity index (χ0n) is 18.7. The summed E-state index contributed by atoms with van der Waals surface area (Å²) in [4.78, 5) is 32.2. The third-order valence-electron chi connectivity index (χ3n) is 5.30. The summed E-state index contributed by atoms with van der Waals surface area (Å²) in [5, 5.41) is 8.73. The molecule has 3 rings (SSSR count). The Morgan fingerprint density at radius 3 is 2.48 bits per heavy atom. The zero-order chi connectivity index (χ0) is 22.4. The number of hydrogen-bond donors (Lipinski definition) is 2. The lowest BCUT2D eigenvalue weighted by Gasteiger charge is -2.30. The Morgan fingerprint density at radius 1 is 1.19 bits per heavy atom. The van der Waals surface area contributed by atoms with Crippen molar-refractivity contribution >= 4 is 23.3 Å². The lowest BCUT2D eigenvalue weighted by molar-refractivity contribution is -0.136. The van der Waals surface area contributed by atoms with E-state index in [1.165, 1.54) is 0 Å². The minimum absolute atomic E-state index is 0.0117. The Labute approximate surface area is 188 Å². The highest BCUT2D eigenvalue weighted by molar-refractivity contribution is 7.09. The van der Waals surface area contributed by atoms with Crippen LogP contribution < -0.4 is 10.6 Å². The third-order valence-corrected chi connectivity index (χ3v) is 6.33. The first kappa shape index (κ1) is 23.2. The molecule has 0 spiro atoms. The van der Waals surface area contributed by atoms with Gasteiger partial charge in [0, 0.05) is 30.4 Å². The molecular formula is C23H32N4O3S. The molecule has 1 aliphatic rings. The number of hydrogen-bond acceptors (Lipinski definition) is 5. The number of amides is 3. The quantitative estimate of drug-likeness (QED) is 0.715. The summed E-state index contributed by atoms with van der Waals surface area (Å²) in [7, 11) is 0. The van der Waals surface area contributed by atoms with Crippen LogP contribution in [0, 0.1) is 0 Å². The maximum absolute atomic E-state index is 13.1. The Balaban J connectivity index is 1.62. The van der Waals surface area contributed by atoms with E-state index in [4.69, 9.17) is 4.74 Å². The fraction of sp³-hybridized carbons (Fsp3) is 0.522. The highest BCUT2D eigenvalue weighted by Gasteiger charge is 2.28. The maximum Gasteiger partial charge on any atom is 0.315 e. The van der Waals surface area contributed by atoms with Gasteiger partial charge in [-0.2, -0.15) is 0 Å². The highest BCUT2D eigenvalue weighted by Crippen LogP contribution is 2.26. The number of nitrogens with zero attached hydrogens (tertiary/aromatic N) is 2. The molecule has 31 heavy (non-hydrogen) atoms. The highest BCUT2D eigenvalue weighted by atomic mass is 32.1. The first-order valence-corrected chi connectivity index (χ1v) is 11.6. The van der Waals surface area contributed by atoms with E-state index in [2.05, 4.69) is 36.4 Å². The summed E-state index contributed by atoms with van der Waals surface area (Å²) in [5.41, 5.74) is 1.88. The summed E-state index contributed by atoms with van der Waals surface area (Å²) < 4.78 is 5.36. The number of urea groups is 1. The van der Waals surface area contributed by atoms with Gasteiger partial charge in [0.15, 0.2) is 0 Å². The molecule has 0 saturated carbocycles. The molecule has 0 radical (unpaired) electrons. The molecule has 2 N–H and O–H groups in total. The maximum atomic E-state index is 13.1. The number of ether oxygens (including phenoxy) is 1. The topological polar surface area (TPSA) is 83.6 Å². The minimum atomic E-state index is -0.437. The third kappa shape index (κ3) is 6.27. The predicted molar refractivity (Wildman–Crippen MR) is 122 cm³/mol. The van der Waals surface area contributed by atoms with Crippen molar-refractivity contribution in [1.82, 2.24) is 20.5 Å². The SMILES string of the molecule is CC(NC(=O)NCC(C(=O)N1CCOCC1)c1ccccc1)c1nc(C(C)(C)C)cs1. The Hall–Kier alpha value is -2.45. The van der Waals surface area contributed by atoms with Gasteiger partial charge in [-0.05, 0) is 12.5 Å². The first-order valence-electron chi connectivity index (χ1n) is 10.7. The van der Waals surface area contributed by atoms with E-state index >= 15 is 0 Å². The Kier molecular flexibility index (Phi) is 7.67. The van der Waals surface area contributed by atoms with Crippen LogP contribution in [0.1, 0.15) is 55.9 Å². The van der Waals surface area contributed by atoms with Crippen LogP contribution in [0.2, 0.25) is 0 Å². The van der Waals surface area contributed by atoms with Gasteiger partial charge < -0.3 is 20.3 Å². The fourth-order valence-electron chi connectivity index (χ4n) is 3.37. The fourth-order valence-corrected chi connectivity index (χ4v) is 4.43. The molecule has 3 amide bonds. The molecule has 2 unspecified atom stereocenters. The monoisotopic (exact) mass is 444 g/mol. The van der Waals surface area contributed by atoms with E-state index < -0.39 is 5.92 Å². The molecule has 2 atom stereocenters. The van der Waals surface area contributed by atoms with Gasteiger partial charge in [0.2, 0.25) is 5.91 Å². The van der Waals surface area contributed by atoms with Crippen molar-refractivity contribution in [1.29, 1.82) is 0 Å². The van der Waals surface area contributed by atoms with E-state index in [0.717, 1.165) is 16.3 Å². The summed E-state index contributed by atoms with van der Waals surface area (Å²) >= 11 is 1.55. The van der Waals surface area contributed by atoms with Crippen molar-refractivity contribution < 1.29 is 14.3 Å². The van der Waals surface area contributed by atoms with Crippen LogP contribution in [0.5, 0.6) is 0 Å². The summed E-state index contributed by atoms with van der Waals surface area (Å²) in [6.45, 7) is 10.7. The lowest BCUT2D eigenvalue weighted by atomic mass is 9.93. The number of carbonyl (C=O) groups excluding carboxylic acids is 2. The van der Waals surface area contributed by atoms with Crippen LogP contribution in [0.4, 0.5) is 4.79 Å². The van der Waals surface area contributed by atoms with Crippen LogP contribution in [0.25, 0.3) is 0 Å². The van der Waals surface area contributed by atoms with Crippen molar-refractivity contribution in [2.24, 2.45) is 0 Å². The summed E-state index contributed by atoms with van der Waals surface area (Å²) in [6, 6.07) is 9.06. The average molecular weight is 445 g/mol. The van der Waals surface area contributed by atoms with Crippen LogP contribution in [0.15, 0.2) is 35.7 Å². The van der Waals surface area contributed by atoms with Gasteiger partial charge >= 0.3 is 6.03 Å². The molecule has 0 bridgehead atoms. The van der Waals surface area contributed by atoms with E-state index in [9.17, 15) is 9.59 Å². The van der Waals surface area contributed by atoms with Crippen LogP contribution >= 0.6 is 11.3 Å². The van der Waals surface area contributed by atoms with Gasteiger partial charge in [0.25, 0.3) is 0 Å². The van der Waals surface area contributed by atoms with Crippen molar-refractivity contribution in [2.75, 3.05) is 32.8 Å². The second-order valence-electron chi connectivity index (χ2n) is 8.80. The molecule has 0 aliphatic carbocycles. The molecule has 1 aliphatic heterocycles. The molecule has 8 heteroatoms. The van der Waals surface area contributed by atoms with Crippen molar-refractivity contribution in [3.8, 4) is 0 Å². The number of benzene rings is 1. The minimum Gasteiger partial charge on any atom is -0.378 e. The van der Waals surface area contributed by atoms with Crippen LogP contribution in [0.3, 0.4) is 0 Å². The smallest absolute Gasteiger partial charge is 0.315 e.